The molecule has 2 N–H and O–H groups in total. The van der Waals surface area contributed by atoms with Crippen molar-refractivity contribution in [3.05, 3.63) is 22.2 Å². The van der Waals surface area contributed by atoms with E-state index in [9.17, 15) is 10.1 Å². The summed E-state index contributed by atoms with van der Waals surface area (Å²) < 4.78 is 10.1. The molecule has 0 aliphatic carbocycles. The van der Waals surface area contributed by atoms with Crippen LogP contribution in [0.2, 0.25) is 0 Å². The van der Waals surface area contributed by atoms with Gasteiger partial charge in [0.2, 0.25) is 5.82 Å². The average Bonchev–Trinajstić information content (AvgIpc) is 2.39. The fourth-order valence-electron chi connectivity index (χ4n) is 1.87. The summed E-state index contributed by atoms with van der Waals surface area (Å²) in [7, 11) is 3.15. The maximum absolute atomic E-state index is 11.1. The molecule has 0 aliphatic heterocycles. The standard InChI is InChI=1S/C12H20N4O4/c1-9(8-20-3)15(6-7-19-2)12-10(16(17)18)4-5-11(13)14-12/h4-5,9H,6-8H2,1-3H3,(H2,13,14). The Morgan fingerprint density at radius 1 is 1.45 bits per heavy atom. The minimum absolute atomic E-state index is 0.0849. The van der Waals surface area contributed by atoms with Crippen molar-refractivity contribution in [3.8, 4) is 0 Å². The highest BCUT2D eigenvalue weighted by Crippen LogP contribution is 2.28. The van der Waals surface area contributed by atoms with Gasteiger partial charge in [-0.1, -0.05) is 0 Å². The summed E-state index contributed by atoms with van der Waals surface area (Å²) in [5, 5.41) is 11.1. The molecule has 1 rings (SSSR count). The number of hydrogen-bond acceptors (Lipinski definition) is 7. The number of nitrogens with two attached hydrogens (primary N) is 1. The molecular weight excluding hydrogens is 264 g/mol. The van der Waals surface area contributed by atoms with Crippen molar-refractivity contribution in [2.75, 3.05) is 44.6 Å². The Bertz CT molecular complexity index is 455. The van der Waals surface area contributed by atoms with Crippen LogP contribution in [-0.2, 0) is 9.47 Å². The molecule has 1 heterocycles. The minimum atomic E-state index is -0.471. The Morgan fingerprint density at radius 3 is 2.70 bits per heavy atom. The van der Waals surface area contributed by atoms with Crippen molar-refractivity contribution in [2.24, 2.45) is 0 Å². The van der Waals surface area contributed by atoms with Gasteiger partial charge in [0.05, 0.1) is 24.2 Å². The van der Waals surface area contributed by atoms with E-state index < -0.39 is 4.92 Å². The molecular formula is C12H20N4O4. The first-order valence-electron chi connectivity index (χ1n) is 6.16. The van der Waals surface area contributed by atoms with Gasteiger partial charge in [-0.2, -0.15) is 0 Å². The number of nitrogen functional groups attached to an aromatic ring is 1. The molecule has 0 saturated heterocycles. The van der Waals surface area contributed by atoms with E-state index in [1.54, 1.807) is 19.1 Å². The van der Waals surface area contributed by atoms with E-state index in [2.05, 4.69) is 4.98 Å². The third-order valence-corrected chi connectivity index (χ3v) is 2.82. The largest absolute Gasteiger partial charge is 0.384 e. The highest BCUT2D eigenvalue weighted by molar-refractivity contribution is 5.61. The van der Waals surface area contributed by atoms with Crippen LogP contribution in [-0.4, -0.2) is 49.9 Å². The first kappa shape index (κ1) is 16.1. The number of hydrogen-bond donors (Lipinski definition) is 1. The Balaban J connectivity index is 3.16. The number of aromatic nitrogens is 1. The summed E-state index contributed by atoms with van der Waals surface area (Å²) in [5.74, 6) is 0.467. The van der Waals surface area contributed by atoms with Crippen LogP contribution in [0.1, 0.15) is 6.92 Å². The molecule has 0 saturated carbocycles. The van der Waals surface area contributed by atoms with E-state index in [1.165, 1.54) is 12.1 Å². The quantitative estimate of drug-likeness (QED) is 0.562. The van der Waals surface area contributed by atoms with Gasteiger partial charge in [-0.3, -0.25) is 10.1 Å². The average molecular weight is 284 g/mol. The predicted octanol–water partition coefficient (Wildman–Crippen LogP) is 1.06. The van der Waals surface area contributed by atoms with Crippen molar-refractivity contribution >= 4 is 17.3 Å². The molecule has 0 fully saturated rings. The first-order valence-corrected chi connectivity index (χ1v) is 6.16. The molecule has 1 atom stereocenters. The lowest BCUT2D eigenvalue weighted by atomic mass is 10.2. The van der Waals surface area contributed by atoms with Gasteiger partial charge in [0.1, 0.15) is 5.82 Å². The molecule has 1 aromatic rings. The third kappa shape index (κ3) is 4.04. The maximum atomic E-state index is 11.1. The zero-order valence-corrected chi connectivity index (χ0v) is 11.9. The summed E-state index contributed by atoms with van der Waals surface area (Å²) in [6, 6.07) is 2.68. The number of pyridine rings is 1. The summed E-state index contributed by atoms with van der Waals surface area (Å²) in [4.78, 5) is 16.5. The molecule has 0 radical (unpaired) electrons. The van der Waals surface area contributed by atoms with Crippen LogP contribution in [0.5, 0.6) is 0 Å². The lowest BCUT2D eigenvalue weighted by molar-refractivity contribution is -0.384. The van der Waals surface area contributed by atoms with Crippen molar-refractivity contribution < 1.29 is 14.4 Å². The third-order valence-electron chi connectivity index (χ3n) is 2.82. The Kier molecular flexibility index (Phi) is 6.13. The lowest BCUT2D eigenvalue weighted by Crippen LogP contribution is -2.39. The highest BCUT2D eigenvalue weighted by Gasteiger charge is 2.25. The lowest BCUT2D eigenvalue weighted by Gasteiger charge is -2.29. The second-order valence-electron chi connectivity index (χ2n) is 4.33. The van der Waals surface area contributed by atoms with Gasteiger partial charge in [-0.15, -0.1) is 0 Å². The molecule has 20 heavy (non-hydrogen) atoms. The summed E-state index contributed by atoms with van der Waals surface area (Å²) in [6.07, 6.45) is 0. The van der Waals surface area contributed by atoms with E-state index in [-0.39, 0.29) is 23.4 Å². The van der Waals surface area contributed by atoms with Crippen molar-refractivity contribution in [2.45, 2.75) is 13.0 Å². The summed E-state index contributed by atoms with van der Waals surface area (Å²) >= 11 is 0. The van der Waals surface area contributed by atoms with E-state index >= 15 is 0 Å². The van der Waals surface area contributed by atoms with Crippen molar-refractivity contribution in [1.82, 2.24) is 4.98 Å². The minimum Gasteiger partial charge on any atom is -0.384 e. The zero-order chi connectivity index (χ0) is 15.1. The molecule has 0 spiro atoms. The molecule has 8 heteroatoms. The van der Waals surface area contributed by atoms with Crippen LogP contribution >= 0.6 is 0 Å². The van der Waals surface area contributed by atoms with E-state index in [4.69, 9.17) is 15.2 Å². The van der Waals surface area contributed by atoms with Gasteiger partial charge >= 0.3 is 5.69 Å². The van der Waals surface area contributed by atoms with Crippen molar-refractivity contribution in [3.63, 3.8) is 0 Å². The number of nitrogens with zero attached hydrogens (tertiary/aromatic N) is 3. The van der Waals surface area contributed by atoms with Gasteiger partial charge in [0, 0.05) is 26.8 Å². The maximum Gasteiger partial charge on any atom is 0.311 e. The predicted molar refractivity (Wildman–Crippen MR) is 75.9 cm³/mol. The molecule has 1 aromatic heterocycles. The number of methoxy groups -OCH3 is 2. The summed E-state index contributed by atoms with van der Waals surface area (Å²) in [6.45, 7) is 3.19. The van der Waals surface area contributed by atoms with E-state index in [0.29, 0.717) is 19.8 Å². The fraction of sp³-hybridized carbons (Fsp3) is 0.583. The van der Waals surface area contributed by atoms with Gasteiger partial charge in [-0.05, 0) is 13.0 Å². The van der Waals surface area contributed by atoms with Crippen molar-refractivity contribution in [1.29, 1.82) is 0 Å². The molecule has 0 bridgehead atoms. The molecule has 0 aromatic carbocycles. The smallest absolute Gasteiger partial charge is 0.311 e. The van der Waals surface area contributed by atoms with Crippen LogP contribution in [0, 0.1) is 10.1 Å². The van der Waals surface area contributed by atoms with Crippen LogP contribution in [0.25, 0.3) is 0 Å². The summed E-state index contributed by atoms with van der Waals surface area (Å²) in [5.41, 5.74) is 5.56. The Morgan fingerprint density at radius 2 is 2.15 bits per heavy atom. The monoisotopic (exact) mass is 284 g/mol. The number of rotatable bonds is 8. The van der Waals surface area contributed by atoms with Gasteiger partial charge in [0.25, 0.3) is 0 Å². The number of ether oxygens (including phenoxy) is 2. The van der Waals surface area contributed by atoms with Crippen LogP contribution in [0.3, 0.4) is 0 Å². The molecule has 112 valence electrons. The van der Waals surface area contributed by atoms with E-state index in [1.807, 2.05) is 6.92 Å². The normalized spacial score (nSPS) is 12.2. The number of nitro groups is 1. The van der Waals surface area contributed by atoms with Gasteiger partial charge < -0.3 is 20.1 Å². The second-order valence-corrected chi connectivity index (χ2v) is 4.33. The van der Waals surface area contributed by atoms with Crippen LogP contribution < -0.4 is 10.6 Å². The SMILES string of the molecule is COCCN(c1nc(N)ccc1[N+](=O)[O-])C(C)COC. The first-order chi connectivity index (χ1) is 9.51. The Labute approximate surface area is 117 Å². The zero-order valence-electron chi connectivity index (χ0n) is 11.9. The second kappa shape index (κ2) is 7.61. The van der Waals surface area contributed by atoms with Gasteiger partial charge in [-0.25, -0.2) is 4.98 Å². The van der Waals surface area contributed by atoms with Crippen LogP contribution in [0.4, 0.5) is 17.3 Å². The topological polar surface area (TPSA) is 104 Å². The molecule has 1 unspecified atom stereocenters. The number of anilines is 2. The van der Waals surface area contributed by atoms with E-state index in [0.717, 1.165) is 0 Å². The highest BCUT2D eigenvalue weighted by atomic mass is 16.6. The van der Waals surface area contributed by atoms with Crippen LogP contribution in [0.15, 0.2) is 12.1 Å². The van der Waals surface area contributed by atoms with Gasteiger partial charge in [0.15, 0.2) is 0 Å². The Hall–Kier alpha value is -1.93. The molecule has 0 amide bonds. The molecule has 0 aliphatic rings. The molecule has 8 nitrogen and oxygen atoms in total. The fourth-order valence-corrected chi connectivity index (χ4v) is 1.87.